The Balaban J connectivity index is 2.64. The van der Waals surface area contributed by atoms with Gasteiger partial charge in [-0.3, -0.25) is 0 Å². The molecule has 1 heterocycles. The van der Waals surface area contributed by atoms with Gasteiger partial charge >= 0.3 is 5.88 Å². The largest absolute Gasteiger partial charge is 0.475 e. The molecule has 1 aromatic heterocycles. The van der Waals surface area contributed by atoms with Crippen LogP contribution in [0.5, 0.6) is 5.88 Å². The molecule has 0 saturated heterocycles. The highest BCUT2D eigenvalue weighted by atomic mass is 19.1. The Morgan fingerprint density at radius 1 is 1.30 bits per heavy atom. The first-order valence-electron chi connectivity index (χ1n) is 5.93. The van der Waals surface area contributed by atoms with Gasteiger partial charge in [0.25, 0.3) is 5.82 Å². The van der Waals surface area contributed by atoms with Crippen LogP contribution < -0.4 is 4.98 Å². The van der Waals surface area contributed by atoms with Crippen molar-refractivity contribution in [1.29, 1.82) is 10.5 Å². The Kier molecular flexibility index (Phi) is 3.67. The molecule has 2 aromatic rings. The van der Waals surface area contributed by atoms with Crippen LogP contribution in [-0.2, 0) is 0 Å². The Morgan fingerprint density at radius 3 is 2.45 bits per heavy atom. The normalized spacial score (nSPS) is 11.8. The molecular weight excluding hydrogens is 259 g/mol. The third kappa shape index (κ3) is 2.32. The average molecular weight is 271 g/mol. The number of aryl methyl sites for hydroxylation is 1. The second-order valence-corrected chi connectivity index (χ2v) is 4.37. The van der Waals surface area contributed by atoms with E-state index in [4.69, 9.17) is 10.5 Å². The van der Waals surface area contributed by atoms with Crippen molar-refractivity contribution in [2.75, 3.05) is 0 Å². The summed E-state index contributed by atoms with van der Waals surface area (Å²) in [5.41, 5.74) is 0.409. The second kappa shape index (κ2) is 5.41. The zero-order valence-electron chi connectivity index (χ0n) is 10.7. The van der Waals surface area contributed by atoms with E-state index in [1.807, 2.05) is 12.1 Å². The van der Waals surface area contributed by atoms with E-state index in [1.165, 1.54) is 18.2 Å². The highest BCUT2D eigenvalue weighted by molar-refractivity contribution is 5.37. The van der Waals surface area contributed by atoms with Crippen molar-refractivity contribution in [1.82, 2.24) is 4.98 Å². The van der Waals surface area contributed by atoms with Crippen LogP contribution in [0.4, 0.5) is 4.39 Å². The van der Waals surface area contributed by atoms with Gasteiger partial charge in [0.15, 0.2) is 5.69 Å². The first-order valence-corrected chi connectivity index (χ1v) is 5.93. The minimum atomic E-state index is -1.12. The topological polar surface area (TPSA) is 97.7 Å². The number of nitriles is 2. The number of H-pyrrole nitrogens is 2. The van der Waals surface area contributed by atoms with Crippen LogP contribution in [0.1, 0.15) is 23.0 Å². The van der Waals surface area contributed by atoms with Gasteiger partial charge in [0, 0.05) is 12.5 Å². The van der Waals surface area contributed by atoms with Crippen LogP contribution in [0.3, 0.4) is 0 Å². The zero-order valence-corrected chi connectivity index (χ0v) is 10.7. The van der Waals surface area contributed by atoms with Gasteiger partial charge in [-0.05, 0) is 6.07 Å². The Morgan fingerprint density at radius 2 is 1.95 bits per heavy atom. The van der Waals surface area contributed by atoms with Gasteiger partial charge in [-0.1, -0.05) is 18.2 Å². The maximum Gasteiger partial charge on any atom is 0.324 e. The van der Waals surface area contributed by atoms with Crippen molar-refractivity contribution < 1.29 is 14.5 Å². The standard InChI is InChI=1S/C14H11FN4O/c1-8-18-13(14(20)19-8)12(9(6-16)7-17)10-4-2-3-5-11(10)15/h2-5,9,12,20H,1H3,(H,18,19)/p+1. The molecule has 0 aliphatic heterocycles. The van der Waals surface area contributed by atoms with Gasteiger partial charge in [-0.2, -0.15) is 10.5 Å². The fourth-order valence-electron chi connectivity index (χ4n) is 2.17. The number of hydrogen-bond acceptors (Lipinski definition) is 3. The number of rotatable bonds is 3. The minimum Gasteiger partial charge on any atom is -0.475 e. The molecule has 6 heteroatoms. The van der Waals surface area contributed by atoms with Crippen molar-refractivity contribution in [2.24, 2.45) is 5.92 Å². The molecule has 0 amide bonds. The molecule has 20 heavy (non-hydrogen) atoms. The number of benzene rings is 1. The summed E-state index contributed by atoms with van der Waals surface area (Å²) in [6.07, 6.45) is 0. The highest BCUT2D eigenvalue weighted by Crippen LogP contribution is 2.35. The molecule has 100 valence electrons. The van der Waals surface area contributed by atoms with Crippen LogP contribution in [-0.4, -0.2) is 10.1 Å². The molecule has 0 bridgehead atoms. The van der Waals surface area contributed by atoms with E-state index in [0.717, 1.165) is 0 Å². The maximum absolute atomic E-state index is 14.0. The number of imidazole rings is 1. The van der Waals surface area contributed by atoms with Gasteiger partial charge in [-0.15, -0.1) is 0 Å². The summed E-state index contributed by atoms with van der Waals surface area (Å²) in [5.74, 6) is -2.19. The molecular formula is C14H12FN4O+. The second-order valence-electron chi connectivity index (χ2n) is 4.37. The van der Waals surface area contributed by atoms with E-state index in [2.05, 4.69) is 9.97 Å². The van der Waals surface area contributed by atoms with Gasteiger partial charge in [0.2, 0.25) is 0 Å². The number of halogens is 1. The molecule has 1 atom stereocenters. The third-order valence-electron chi connectivity index (χ3n) is 3.05. The van der Waals surface area contributed by atoms with E-state index in [-0.39, 0.29) is 17.1 Å². The predicted octanol–water partition coefficient (Wildman–Crippen LogP) is 1.78. The zero-order chi connectivity index (χ0) is 14.7. The minimum absolute atomic E-state index is 0.186. The van der Waals surface area contributed by atoms with Gasteiger partial charge < -0.3 is 5.11 Å². The van der Waals surface area contributed by atoms with Crippen molar-refractivity contribution in [2.45, 2.75) is 12.8 Å². The summed E-state index contributed by atoms with van der Waals surface area (Å²) in [6, 6.07) is 9.57. The van der Waals surface area contributed by atoms with E-state index in [1.54, 1.807) is 13.0 Å². The first kappa shape index (κ1) is 13.6. The van der Waals surface area contributed by atoms with Crippen molar-refractivity contribution in [3.63, 3.8) is 0 Å². The van der Waals surface area contributed by atoms with E-state index in [0.29, 0.717) is 5.82 Å². The smallest absolute Gasteiger partial charge is 0.324 e. The number of nitrogens with one attached hydrogen (secondary N) is 2. The molecule has 0 aliphatic rings. The molecule has 5 nitrogen and oxygen atoms in total. The molecule has 0 aliphatic carbocycles. The van der Waals surface area contributed by atoms with Crippen molar-refractivity contribution >= 4 is 0 Å². The molecule has 0 fully saturated rings. The Hall–Kier alpha value is -2.86. The van der Waals surface area contributed by atoms with Crippen molar-refractivity contribution in [3.05, 3.63) is 47.2 Å². The summed E-state index contributed by atoms with van der Waals surface area (Å²) < 4.78 is 14.0. The van der Waals surface area contributed by atoms with Crippen LogP contribution in [0.15, 0.2) is 24.3 Å². The molecule has 2 rings (SSSR count). The quantitative estimate of drug-likeness (QED) is 0.890. The first-order chi connectivity index (χ1) is 9.58. The Bertz CT molecular complexity index is 697. The third-order valence-corrected chi connectivity index (χ3v) is 3.05. The fourth-order valence-corrected chi connectivity index (χ4v) is 2.17. The summed E-state index contributed by atoms with van der Waals surface area (Å²) in [4.78, 5) is 5.48. The van der Waals surface area contributed by atoms with Crippen LogP contribution in [0, 0.1) is 41.3 Å². The lowest BCUT2D eigenvalue weighted by atomic mass is 9.85. The van der Waals surface area contributed by atoms with E-state index in [9.17, 15) is 9.50 Å². The maximum atomic E-state index is 14.0. The van der Waals surface area contributed by atoms with Crippen molar-refractivity contribution in [3.8, 4) is 18.0 Å². The number of aromatic hydroxyl groups is 1. The molecule has 1 unspecified atom stereocenters. The number of hydrogen-bond donors (Lipinski definition) is 2. The fraction of sp³-hybridized carbons (Fsp3) is 0.214. The molecule has 3 N–H and O–H groups in total. The Labute approximate surface area is 114 Å². The number of aromatic nitrogens is 2. The summed E-state index contributed by atoms with van der Waals surface area (Å²) in [6.45, 7) is 1.68. The lowest BCUT2D eigenvalue weighted by Crippen LogP contribution is -2.14. The summed E-state index contributed by atoms with van der Waals surface area (Å²) in [7, 11) is 0. The van der Waals surface area contributed by atoms with Gasteiger partial charge in [0.05, 0.1) is 18.1 Å². The molecule has 0 saturated carbocycles. The lowest BCUT2D eigenvalue weighted by Gasteiger charge is -2.14. The van der Waals surface area contributed by atoms with Crippen LogP contribution in [0.25, 0.3) is 0 Å². The number of nitrogens with zero attached hydrogens (tertiary/aromatic N) is 2. The van der Waals surface area contributed by atoms with E-state index < -0.39 is 17.7 Å². The average Bonchev–Trinajstić information content (AvgIpc) is 2.76. The van der Waals surface area contributed by atoms with E-state index >= 15 is 0 Å². The highest BCUT2D eigenvalue weighted by Gasteiger charge is 2.35. The summed E-state index contributed by atoms with van der Waals surface area (Å²) in [5, 5.41) is 28.1. The summed E-state index contributed by atoms with van der Waals surface area (Å²) >= 11 is 0. The molecule has 1 aromatic carbocycles. The SMILES string of the molecule is Cc1[nH]c(C(c2ccccc2F)C(C#N)C#N)c(O)[nH+]1. The number of aromatic amines is 2. The molecule has 0 spiro atoms. The van der Waals surface area contributed by atoms with Gasteiger partial charge in [0.1, 0.15) is 11.7 Å². The van der Waals surface area contributed by atoms with Crippen LogP contribution >= 0.6 is 0 Å². The molecule has 0 radical (unpaired) electrons. The van der Waals surface area contributed by atoms with Crippen LogP contribution in [0.2, 0.25) is 0 Å². The predicted molar refractivity (Wildman–Crippen MR) is 66.7 cm³/mol. The lowest BCUT2D eigenvalue weighted by molar-refractivity contribution is -0.401. The monoisotopic (exact) mass is 271 g/mol. The van der Waals surface area contributed by atoms with Gasteiger partial charge in [-0.25, -0.2) is 14.4 Å².